The van der Waals surface area contributed by atoms with E-state index < -0.39 is 109 Å². The minimum absolute atomic E-state index is 0.0162. The number of halogens is 1. The fraction of sp³-hybridized carbons (Fsp3) is 0.404. The average Bonchev–Trinajstić information content (AvgIpc) is 3.70. The Hall–Kier alpha value is -7.59. The fourth-order valence-electron chi connectivity index (χ4n) is 8.80. The number of pyridine rings is 2. The van der Waals surface area contributed by atoms with Crippen LogP contribution in [-0.2, 0) is 79.4 Å². The first-order valence-corrected chi connectivity index (χ1v) is 22.4. The molecule has 22 heteroatoms. The van der Waals surface area contributed by atoms with Gasteiger partial charge in [-0.05, 0) is 60.9 Å². The van der Waals surface area contributed by atoms with E-state index in [1.165, 1.54) is 10.6 Å². The standard InChI is InChI=1S/C47H52FN9O12/c1-3-47(67)29-15-34-43-27(20-57(34)45(65)28(29)21-69-46(47)66)42-31(13-12-26-24(2)30(48)16-32(56-43)41(26)42)54-40(63)22-68-23-53-38(61)18-52-44(64)33(14-25-8-5-4-6-9-25)55-39(62)19-51-37(60)17-50-36(59)11-7-10-35(49)58/h4-6,8-9,15-16,31,33,67H,3,7,10-14,17-23H2,1-2H3,(H2,49,58)(H,50,59)(H,51,60)(H,52,64)(H,53,61)(H,54,63)(H,55,62)/t31-,33-,47-/m0/s1. The fourth-order valence-corrected chi connectivity index (χ4v) is 8.80. The number of fused-ring (bicyclic) bond motifs is 5. The molecule has 21 nitrogen and oxygen atoms in total. The Bertz CT molecular complexity index is 2820. The highest BCUT2D eigenvalue weighted by atomic mass is 19.1. The van der Waals surface area contributed by atoms with Crippen molar-refractivity contribution in [2.75, 3.05) is 33.0 Å². The third-order valence-corrected chi connectivity index (χ3v) is 12.4. The molecular weight excluding hydrogens is 902 g/mol. The number of nitrogens with one attached hydrogen (secondary N) is 6. The number of rotatable bonds is 20. The second kappa shape index (κ2) is 21.1. The lowest BCUT2D eigenvalue weighted by Gasteiger charge is -2.31. The van der Waals surface area contributed by atoms with Crippen molar-refractivity contribution in [2.24, 2.45) is 5.73 Å². The lowest BCUT2D eigenvalue weighted by molar-refractivity contribution is -0.172. The minimum Gasteiger partial charge on any atom is -0.458 e. The van der Waals surface area contributed by atoms with Crippen molar-refractivity contribution < 1.29 is 57.3 Å². The Morgan fingerprint density at radius 2 is 1.64 bits per heavy atom. The number of aryl methyl sites for hydroxylation is 1. The molecule has 4 aromatic rings. The van der Waals surface area contributed by atoms with Crippen LogP contribution in [-0.4, -0.2) is 101 Å². The van der Waals surface area contributed by atoms with Gasteiger partial charge in [0.05, 0.1) is 54.7 Å². The van der Waals surface area contributed by atoms with Gasteiger partial charge in [0.2, 0.25) is 41.4 Å². The SMILES string of the molecule is CC[C@@]1(O)C(=O)OCc2c1cc1n(c2=O)Cc2c-1nc1cc(F)c(C)c3c1c2[C@@H](NC(=O)COCNC(=O)CNC(=O)[C@H](Cc1ccccc1)NC(=O)CNC(=O)CNC(=O)CCCC(N)=O)CC3. The van der Waals surface area contributed by atoms with Gasteiger partial charge in [-0.1, -0.05) is 37.3 Å². The number of esters is 1. The number of amides is 7. The summed E-state index contributed by atoms with van der Waals surface area (Å²) in [7, 11) is 0. The van der Waals surface area contributed by atoms with E-state index in [0.717, 1.165) is 5.56 Å². The van der Waals surface area contributed by atoms with Gasteiger partial charge in [-0.15, -0.1) is 0 Å². The number of nitrogens with zero attached hydrogens (tertiary/aromatic N) is 2. The number of carbonyl (C=O) groups excluding carboxylic acids is 8. The van der Waals surface area contributed by atoms with Gasteiger partial charge < -0.3 is 56.8 Å². The monoisotopic (exact) mass is 953 g/mol. The van der Waals surface area contributed by atoms with Crippen LogP contribution in [0.5, 0.6) is 0 Å². The number of primary amides is 1. The smallest absolute Gasteiger partial charge is 0.343 e. The highest BCUT2D eigenvalue weighted by Crippen LogP contribution is 2.46. The van der Waals surface area contributed by atoms with Gasteiger partial charge in [0.1, 0.15) is 31.8 Å². The Labute approximate surface area is 393 Å². The number of nitrogens with two attached hydrogens (primary N) is 1. The Morgan fingerprint density at radius 3 is 2.38 bits per heavy atom. The molecule has 0 bridgehead atoms. The highest BCUT2D eigenvalue weighted by Gasteiger charge is 2.46. The summed E-state index contributed by atoms with van der Waals surface area (Å²) in [6, 6.07) is 9.82. The van der Waals surface area contributed by atoms with E-state index in [2.05, 4.69) is 31.9 Å². The molecule has 2 aliphatic heterocycles. The van der Waals surface area contributed by atoms with E-state index in [1.807, 2.05) is 0 Å². The van der Waals surface area contributed by atoms with Crippen molar-refractivity contribution in [3.8, 4) is 11.4 Å². The molecule has 0 unspecified atom stereocenters. The molecule has 3 aliphatic rings. The molecule has 0 radical (unpaired) electrons. The zero-order valence-electron chi connectivity index (χ0n) is 37.9. The van der Waals surface area contributed by atoms with E-state index in [0.29, 0.717) is 57.4 Å². The zero-order chi connectivity index (χ0) is 49.6. The maximum absolute atomic E-state index is 15.3. The number of aliphatic hydroxyl groups is 1. The molecule has 9 N–H and O–H groups in total. The summed E-state index contributed by atoms with van der Waals surface area (Å²) in [6.07, 6.45) is 0.984. The summed E-state index contributed by atoms with van der Waals surface area (Å²) in [5.41, 5.74) is 6.91. The van der Waals surface area contributed by atoms with Crippen LogP contribution in [0.3, 0.4) is 0 Å². The molecule has 0 spiro atoms. The summed E-state index contributed by atoms with van der Waals surface area (Å²) < 4.78 is 27.5. The third-order valence-electron chi connectivity index (χ3n) is 12.4. The van der Waals surface area contributed by atoms with E-state index in [4.69, 9.17) is 20.2 Å². The molecule has 2 aromatic carbocycles. The number of hydrogen-bond acceptors (Lipinski definition) is 13. The summed E-state index contributed by atoms with van der Waals surface area (Å²) >= 11 is 0. The lowest BCUT2D eigenvalue weighted by Crippen LogP contribution is -2.52. The molecule has 7 rings (SSSR count). The minimum atomic E-state index is -2.05. The molecule has 0 saturated heterocycles. The molecule has 0 saturated carbocycles. The van der Waals surface area contributed by atoms with Gasteiger partial charge in [-0.3, -0.25) is 38.4 Å². The topological polar surface area (TPSA) is 308 Å². The summed E-state index contributed by atoms with van der Waals surface area (Å²) in [4.78, 5) is 119. The van der Waals surface area contributed by atoms with E-state index in [1.54, 1.807) is 50.2 Å². The Kier molecular flexibility index (Phi) is 15.1. The molecule has 0 fully saturated rings. The third kappa shape index (κ3) is 10.9. The molecule has 1 aliphatic carbocycles. The van der Waals surface area contributed by atoms with Gasteiger partial charge >= 0.3 is 5.97 Å². The first-order valence-electron chi connectivity index (χ1n) is 22.4. The van der Waals surface area contributed by atoms with Crippen LogP contribution >= 0.6 is 0 Å². The predicted octanol–water partition coefficient (Wildman–Crippen LogP) is -0.547. The van der Waals surface area contributed by atoms with Crippen molar-refractivity contribution in [1.29, 1.82) is 0 Å². The van der Waals surface area contributed by atoms with E-state index in [9.17, 15) is 48.3 Å². The molecule has 3 atom stereocenters. The number of cyclic esters (lactones) is 1. The van der Waals surface area contributed by atoms with E-state index in [-0.39, 0.29) is 56.4 Å². The van der Waals surface area contributed by atoms with Gasteiger partial charge in [0.25, 0.3) is 5.56 Å². The first-order chi connectivity index (χ1) is 33.0. The largest absolute Gasteiger partial charge is 0.458 e. The lowest BCUT2D eigenvalue weighted by atomic mass is 9.81. The highest BCUT2D eigenvalue weighted by molar-refractivity contribution is 5.95. The quantitative estimate of drug-likeness (QED) is 0.0277. The summed E-state index contributed by atoms with van der Waals surface area (Å²) in [5, 5.41) is 27.2. The van der Waals surface area contributed by atoms with Crippen LogP contribution in [0, 0.1) is 12.7 Å². The van der Waals surface area contributed by atoms with Gasteiger partial charge in [0, 0.05) is 41.8 Å². The van der Waals surface area contributed by atoms with Crippen molar-refractivity contribution >= 4 is 58.2 Å². The van der Waals surface area contributed by atoms with Gasteiger partial charge in [-0.25, -0.2) is 14.2 Å². The van der Waals surface area contributed by atoms with Crippen LogP contribution in [0.2, 0.25) is 0 Å². The Morgan fingerprint density at radius 1 is 0.928 bits per heavy atom. The Balaban J connectivity index is 0.934. The first kappa shape index (κ1) is 49.3. The predicted molar refractivity (Wildman–Crippen MR) is 242 cm³/mol. The van der Waals surface area contributed by atoms with Crippen molar-refractivity contribution in [3.05, 3.63) is 97.6 Å². The second-order valence-corrected chi connectivity index (χ2v) is 17.0. The van der Waals surface area contributed by atoms with Crippen LogP contribution in [0.25, 0.3) is 22.3 Å². The summed E-state index contributed by atoms with van der Waals surface area (Å²) in [6.45, 7) is 0.631. The number of carbonyl (C=O) groups is 8. The van der Waals surface area contributed by atoms with Crippen molar-refractivity contribution in [2.45, 2.75) is 89.6 Å². The van der Waals surface area contributed by atoms with Crippen molar-refractivity contribution in [1.82, 2.24) is 41.5 Å². The molecular formula is C47H52FN9O12. The van der Waals surface area contributed by atoms with E-state index >= 15 is 4.39 Å². The van der Waals surface area contributed by atoms with Gasteiger partial charge in [-0.2, -0.15) is 0 Å². The average molecular weight is 954 g/mol. The van der Waals surface area contributed by atoms with Crippen LogP contribution in [0.15, 0.2) is 47.3 Å². The second-order valence-electron chi connectivity index (χ2n) is 17.0. The maximum Gasteiger partial charge on any atom is 0.343 e. The molecule has 7 amide bonds. The molecule has 4 heterocycles. The number of benzene rings is 2. The maximum atomic E-state index is 15.3. The normalized spacial score (nSPS) is 16.8. The van der Waals surface area contributed by atoms with Crippen LogP contribution in [0.4, 0.5) is 4.39 Å². The summed E-state index contributed by atoms with van der Waals surface area (Å²) in [5.74, 6) is -5.69. The molecule has 2 aromatic heterocycles. The number of hydrogen-bond donors (Lipinski definition) is 8. The van der Waals surface area contributed by atoms with Crippen molar-refractivity contribution in [3.63, 3.8) is 0 Å². The number of ether oxygens (including phenoxy) is 2. The molecule has 69 heavy (non-hydrogen) atoms. The molecule has 364 valence electrons. The zero-order valence-corrected chi connectivity index (χ0v) is 37.9. The number of aromatic nitrogens is 2. The van der Waals surface area contributed by atoms with Crippen LogP contribution in [0.1, 0.15) is 84.0 Å². The van der Waals surface area contributed by atoms with Gasteiger partial charge in [0.15, 0.2) is 5.60 Å². The van der Waals surface area contributed by atoms with Crippen LogP contribution < -0.4 is 43.2 Å².